The van der Waals surface area contributed by atoms with Crippen LogP contribution in [0.15, 0.2) is 10.9 Å². The first-order chi connectivity index (χ1) is 7.55. The summed E-state index contributed by atoms with van der Waals surface area (Å²) in [5.74, 6) is 0.782. The van der Waals surface area contributed by atoms with E-state index in [0.717, 1.165) is 38.5 Å². The van der Waals surface area contributed by atoms with Crippen molar-refractivity contribution in [3.05, 3.63) is 12.2 Å². The van der Waals surface area contributed by atoms with Gasteiger partial charge in [0.05, 0.1) is 6.54 Å². The summed E-state index contributed by atoms with van der Waals surface area (Å²) in [6, 6.07) is 0. The van der Waals surface area contributed by atoms with Crippen LogP contribution in [-0.2, 0) is 6.54 Å². The van der Waals surface area contributed by atoms with E-state index in [9.17, 15) is 0 Å². The molecule has 0 aromatic carbocycles. The third-order valence-corrected chi connectivity index (χ3v) is 3.09. The van der Waals surface area contributed by atoms with E-state index < -0.39 is 0 Å². The van der Waals surface area contributed by atoms with E-state index in [1.807, 2.05) is 0 Å². The van der Waals surface area contributed by atoms with Gasteiger partial charge in [0, 0.05) is 31.7 Å². The van der Waals surface area contributed by atoms with Gasteiger partial charge < -0.3 is 4.52 Å². The molecule has 5 heteroatoms. The summed E-state index contributed by atoms with van der Waals surface area (Å²) in [4.78, 5) is 8.93. The van der Waals surface area contributed by atoms with E-state index in [-0.39, 0.29) is 5.54 Å². The molecule has 1 aliphatic rings. The molecular weight excluding hydrogens is 204 g/mol. The van der Waals surface area contributed by atoms with Gasteiger partial charge in [0.2, 0.25) is 6.39 Å². The molecule has 0 N–H and O–H groups in total. The molecule has 0 unspecified atom stereocenters. The molecule has 0 aliphatic carbocycles. The number of aromatic nitrogens is 2. The van der Waals surface area contributed by atoms with Crippen molar-refractivity contribution in [3.8, 4) is 0 Å². The second kappa shape index (κ2) is 4.51. The molecule has 0 bridgehead atoms. The van der Waals surface area contributed by atoms with Crippen LogP contribution in [-0.4, -0.2) is 51.7 Å². The van der Waals surface area contributed by atoms with Gasteiger partial charge in [-0.2, -0.15) is 4.98 Å². The van der Waals surface area contributed by atoms with E-state index in [0.29, 0.717) is 0 Å². The summed E-state index contributed by atoms with van der Waals surface area (Å²) in [7, 11) is 0. The molecule has 1 aromatic heterocycles. The Bertz CT molecular complexity index is 309. The minimum Gasteiger partial charge on any atom is -0.343 e. The third-order valence-electron chi connectivity index (χ3n) is 3.09. The molecule has 0 saturated carbocycles. The minimum absolute atomic E-state index is 0.276. The molecule has 1 saturated heterocycles. The average molecular weight is 224 g/mol. The van der Waals surface area contributed by atoms with Crippen molar-refractivity contribution in [1.29, 1.82) is 0 Å². The van der Waals surface area contributed by atoms with Gasteiger partial charge in [0.15, 0.2) is 5.82 Å². The van der Waals surface area contributed by atoms with Crippen LogP contribution in [0, 0.1) is 0 Å². The Morgan fingerprint density at radius 1 is 1.25 bits per heavy atom. The molecule has 1 aliphatic heterocycles. The van der Waals surface area contributed by atoms with Crippen molar-refractivity contribution in [2.75, 3.05) is 26.2 Å². The van der Waals surface area contributed by atoms with Gasteiger partial charge in [-0.1, -0.05) is 5.16 Å². The summed E-state index contributed by atoms with van der Waals surface area (Å²) < 4.78 is 4.73. The first-order valence-corrected chi connectivity index (χ1v) is 5.78. The van der Waals surface area contributed by atoms with E-state index in [1.54, 1.807) is 0 Å². The lowest BCUT2D eigenvalue weighted by Crippen LogP contribution is -2.53. The third kappa shape index (κ3) is 2.80. The predicted octanol–water partition coefficient (Wildman–Crippen LogP) is 0.986. The molecule has 2 rings (SSSR count). The lowest BCUT2D eigenvalue weighted by molar-refractivity contribution is 0.0577. The van der Waals surface area contributed by atoms with Gasteiger partial charge in [0.25, 0.3) is 0 Å². The molecule has 0 atom stereocenters. The van der Waals surface area contributed by atoms with Crippen LogP contribution in [0.25, 0.3) is 0 Å². The van der Waals surface area contributed by atoms with E-state index in [1.165, 1.54) is 6.39 Å². The smallest absolute Gasteiger partial charge is 0.213 e. The molecule has 1 fully saturated rings. The molecule has 2 heterocycles. The van der Waals surface area contributed by atoms with Crippen LogP contribution in [0.2, 0.25) is 0 Å². The largest absolute Gasteiger partial charge is 0.343 e. The van der Waals surface area contributed by atoms with Crippen molar-refractivity contribution in [2.24, 2.45) is 0 Å². The van der Waals surface area contributed by atoms with Gasteiger partial charge in [-0.3, -0.25) is 9.80 Å². The molecule has 90 valence electrons. The van der Waals surface area contributed by atoms with Crippen molar-refractivity contribution in [2.45, 2.75) is 32.9 Å². The van der Waals surface area contributed by atoms with Crippen molar-refractivity contribution < 1.29 is 4.52 Å². The predicted molar refractivity (Wildman–Crippen MR) is 60.9 cm³/mol. The Morgan fingerprint density at radius 3 is 2.44 bits per heavy atom. The molecule has 5 nitrogen and oxygen atoms in total. The van der Waals surface area contributed by atoms with Crippen molar-refractivity contribution >= 4 is 0 Å². The highest BCUT2D eigenvalue weighted by atomic mass is 16.5. The standard InChI is InChI=1S/C11H20N4O/c1-11(2,3)15-6-4-14(5-7-15)8-10-12-9-16-13-10/h9H,4-8H2,1-3H3. The maximum Gasteiger partial charge on any atom is 0.213 e. The van der Waals surface area contributed by atoms with Gasteiger partial charge in [-0.05, 0) is 20.8 Å². The van der Waals surface area contributed by atoms with Crippen LogP contribution < -0.4 is 0 Å². The Hall–Kier alpha value is -0.940. The SMILES string of the molecule is CC(C)(C)N1CCN(Cc2ncon2)CC1. The van der Waals surface area contributed by atoms with Gasteiger partial charge in [0.1, 0.15) is 0 Å². The summed E-state index contributed by atoms with van der Waals surface area (Å²) in [6.45, 7) is 12.0. The lowest BCUT2D eigenvalue weighted by atomic mass is 10.1. The number of rotatable bonds is 2. The van der Waals surface area contributed by atoms with Gasteiger partial charge in [-0.25, -0.2) is 0 Å². The zero-order valence-electron chi connectivity index (χ0n) is 10.3. The Kier molecular flexibility index (Phi) is 3.25. The molecule has 0 spiro atoms. The maximum absolute atomic E-state index is 4.73. The van der Waals surface area contributed by atoms with Crippen LogP contribution in [0.5, 0.6) is 0 Å². The van der Waals surface area contributed by atoms with E-state index >= 15 is 0 Å². The van der Waals surface area contributed by atoms with E-state index in [4.69, 9.17) is 4.52 Å². The van der Waals surface area contributed by atoms with Gasteiger partial charge in [-0.15, -0.1) is 0 Å². The Labute approximate surface area is 96.4 Å². The van der Waals surface area contributed by atoms with Crippen molar-refractivity contribution in [3.63, 3.8) is 0 Å². The van der Waals surface area contributed by atoms with Crippen LogP contribution >= 0.6 is 0 Å². The highest BCUT2D eigenvalue weighted by Crippen LogP contribution is 2.16. The summed E-state index contributed by atoms with van der Waals surface area (Å²) in [5.41, 5.74) is 0.276. The minimum atomic E-state index is 0.276. The topological polar surface area (TPSA) is 45.4 Å². The Morgan fingerprint density at radius 2 is 1.94 bits per heavy atom. The van der Waals surface area contributed by atoms with Crippen molar-refractivity contribution in [1.82, 2.24) is 19.9 Å². The lowest BCUT2D eigenvalue weighted by Gasteiger charge is -2.41. The van der Waals surface area contributed by atoms with Gasteiger partial charge >= 0.3 is 0 Å². The highest BCUT2D eigenvalue weighted by molar-refractivity contribution is 4.85. The molecule has 1 aromatic rings. The molecule has 0 radical (unpaired) electrons. The molecule has 16 heavy (non-hydrogen) atoms. The average Bonchev–Trinajstić information content (AvgIpc) is 2.70. The van der Waals surface area contributed by atoms with Crippen LogP contribution in [0.4, 0.5) is 0 Å². The number of piperazine rings is 1. The summed E-state index contributed by atoms with van der Waals surface area (Å²) >= 11 is 0. The normalized spacial score (nSPS) is 20.2. The first-order valence-electron chi connectivity index (χ1n) is 5.78. The number of hydrogen-bond donors (Lipinski definition) is 0. The second-order valence-electron chi connectivity index (χ2n) is 5.28. The zero-order valence-corrected chi connectivity index (χ0v) is 10.3. The summed E-state index contributed by atoms with van der Waals surface area (Å²) in [6.07, 6.45) is 1.39. The summed E-state index contributed by atoms with van der Waals surface area (Å²) in [5, 5.41) is 3.84. The van der Waals surface area contributed by atoms with E-state index in [2.05, 4.69) is 40.7 Å². The zero-order chi connectivity index (χ0) is 11.6. The highest BCUT2D eigenvalue weighted by Gasteiger charge is 2.25. The second-order valence-corrected chi connectivity index (χ2v) is 5.28. The Balaban J connectivity index is 1.82. The monoisotopic (exact) mass is 224 g/mol. The molecular formula is C11H20N4O. The number of nitrogens with zero attached hydrogens (tertiary/aromatic N) is 4. The van der Waals surface area contributed by atoms with Crippen LogP contribution in [0.1, 0.15) is 26.6 Å². The number of hydrogen-bond acceptors (Lipinski definition) is 5. The first kappa shape index (κ1) is 11.5. The fourth-order valence-corrected chi connectivity index (χ4v) is 2.04. The maximum atomic E-state index is 4.73. The van der Waals surface area contributed by atoms with Crippen LogP contribution in [0.3, 0.4) is 0 Å². The molecule has 0 amide bonds. The fraction of sp³-hybridized carbons (Fsp3) is 0.818. The fourth-order valence-electron chi connectivity index (χ4n) is 2.04. The quantitative estimate of drug-likeness (QED) is 0.749.